The van der Waals surface area contributed by atoms with Crippen molar-refractivity contribution in [2.75, 3.05) is 32.8 Å². The summed E-state index contributed by atoms with van der Waals surface area (Å²) in [6.07, 6.45) is 3.10. The number of Topliss-reactive ketones (excluding diaryl/α,β-unsaturated/α-hetero) is 1. The van der Waals surface area contributed by atoms with E-state index in [2.05, 4.69) is 0 Å². The van der Waals surface area contributed by atoms with Gasteiger partial charge in [-0.3, -0.25) is 14.4 Å². The normalized spacial score (nSPS) is 19.7. The molecule has 6 heteroatoms. The number of β-amino-alcohol motifs (C(OH)–C–C–N with tert-alkyl or cyclic N) is 1. The molecule has 26 heavy (non-hydrogen) atoms. The monoisotopic (exact) mass is 358 g/mol. The van der Waals surface area contributed by atoms with Crippen LogP contribution in [0.3, 0.4) is 0 Å². The van der Waals surface area contributed by atoms with Crippen molar-refractivity contribution in [2.45, 2.75) is 32.6 Å². The molecule has 6 nitrogen and oxygen atoms in total. The zero-order valence-corrected chi connectivity index (χ0v) is 15.2. The number of hydrogen-bond donors (Lipinski definition) is 1. The first kappa shape index (κ1) is 18.6. The molecular formula is C20H26N2O4. The van der Waals surface area contributed by atoms with Crippen LogP contribution in [-0.2, 0) is 4.79 Å². The summed E-state index contributed by atoms with van der Waals surface area (Å²) in [5.74, 6) is 0.0272. The van der Waals surface area contributed by atoms with Crippen LogP contribution in [0.25, 0.3) is 0 Å². The van der Waals surface area contributed by atoms with Crippen LogP contribution in [0.5, 0.6) is 0 Å². The van der Waals surface area contributed by atoms with Crippen LogP contribution < -0.4 is 0 Å². The third-order valence-corrected chi connectivity index (χ3v) is 5.75. The zero-order chi connectivity index (χ0) is 18.7. The second-order valence-electron chi connectivity index (χ2n) is 7.47. The van der Waals surface area contributed by atoms with E-state index >= 15 is 0 Å². The molecular weight excluding hydrogens is 332 g/mol. The molecule has 0 aliphatic carbocycles. The second-order valence-corrected chi connectivity index (χ2v) is 7.47. The Hall–Kier alpha value is -2.21. The van der Waals surface area contributed by atoms with E-state index in [1.54, 1.807) is 29.2 Å². The number of ketones is 1. The van der Waals surface area contributed by atoms with Gasteiger partial charge in [0.15, 0.2) is 5.78 Å². The summed E-state index contributed by atoms with van der Waals surface area (Å²) < 4.78 is 0. The van der Waals surface area contributed by atoms with Gasteiger partial charge in [0.25, 0.3) is 5.91 Å². The number of benzene rings is 1. The van der Waals surface area contributed by atoms with Gasteiger partial charge in [-0.1, -0.05) is 12.1 Å². The minimum absolute atomic E-state index is 0.0150. The van der Waals surface area contributed by atoms with E-state index in [4.69, 9.17) is 5.11 Å². The van der Waals surface area contributed by atoms with Crippen LogP contribution in [-0.4, -0.2) is 65.3 Å². The molecule has 0 unspecified atom stereocenters. The Morgan fingerprint density at radius 1 is 1.15 bits per heavy atom. The predicted octanol–water partition coefficient (Wildman–Crippen LogP) is 1.73. The standard InChI is InChI=1S/C20H26N2O4/c1-15(24)16-3-2-4-17(13-16)19(26)21-9-7-20(8-10-21)6-5-18(25)22(14-20)11-12-23/h2-4,13,23H,5-12,14H2,1H3. The molecule has 140 valence electrons. The van der Waals surface area contributed by atoms with Crippen LogP contribution in [0.15, 0.2) is 24.3 Å². The third-order valence-electron chi connectivity index (χ3n) is 5.75. The number of carbonyl (C=O) groups is 3. The van der Waals surface area contributed by atoms with E-state index < -0.39 is 0 Å². The Labute approximate surface area is 153 Å². The van der Waals surface area contributed by atoms with Crippen molar-refractivity contribution in [1.82, 2.24) is 9.80 Å². The molecule has 2 aliphatic rings. The number of rotatable bonds is 4. The molecule has 2 heterocycles. The molecule has 0 atom stereocenters. The molecule has 1 N–H and O–H groups in total. The zero-order valence-electron chi connectivity index (χ0n) is 15.2. The van der Waals surface area contributed by atoms with Crippen molar-refractivity contribution in [1.29, 1.82) is 0 Å². The molecule has 2 saturated heterocycles. The lowest BCUT2D eigenvalue weighted by atomic mass is 9.72. The Bertz CT molecular complexity index is 708. The lowest BCUT2D eigenvalue weighted by Gasteiger charge is -2.47. The van der Waals surface area contributed by atoms with Gasteiger partial charge in [-0.05, 0) is 43.7 Å². The Balaban J connectivity index is 1.65. The van der Waals surface area contributed by atoms with Gasteiger partial charge in [0, 0.05) is 43.7 Å². The maximum Gasteiger partial charge on any atom is 0.253 e. The molecule has 2 fully saturated rings. The number of piperidine rings is 2. The molecule has 0 bridgehead atoms. The molecule has 0 saturated carbocycles. The average molecular weight is 358 g/mol. The number of carbonyl (C=O) groups excluding carboxylic acids is 3. The number of hydrogen-bond acceptors (Lipinski definition) is 4. The first-order valence-corrected chi connectivity index (χ1v) is 9.23. The van der Waals surface area contributed by atoms with Gasteiger partial charge < -0.3 is 14.9 Å². The van der Waals surface area contributed by atoms with Crippen LogP contribution in [0, 0.1) is 5.41 Å². The predicted molar refractivity (Wildman–Crippen MR) is 96.9 cm³/mol. The highest BCUT2D eigenvalue weighted by atomic mass is 16.3. The molecule has 2 amide bonds. The smallest absolute Gasteiger partial charge is 0.253 e. The van der Waals surface area contributed by atoms with Gasteiger partial charge in [0.05, 0.1) is 6.61 Å². The lowest BCUT2D eigenvalue weighted by molar-refractivity contribution is -0.139. The van der Waals surface area contributed by atoms with Gasteiger partial charge in [-0.25, -0.2) is 0 Å². The third kappa shape index (κ3) is 3.80. The molecule has 3 rings (SSSR count). The summed E-state index contributed by atoms with van der Waals surface area (Å²) in [4.78, 5) is 39.9. The first-order valence-electron chi connectivity index (χ1n) is 9.23. The van der Waals surface area contributed by atoms with E-state index in [9.17, 15) is 14.4 Å². The highest BCUT2D eigenvalue weighted by Crippen LogP contribution is 2.40. The van der Waals surface area contributed by atoms with E-state index in [0.717, 1.165) is 19.3 Å². The van der Waals surface area contributed by atoms with Crippen molar-refractivity contribution in [3.05, 3.63) is 35.4 Å². The molecule has 2 aliphatic heterocycles. The molecule has 1 spiro atoms. The molecule has 0 radical (unpaired) electrons. The number of amides is 2. The van der Waals surface area contributed by atoms with Crippen molar-refractivity contribution < 1.29 is 19.5 Å². The van der Waals surface area contributed by atoms with E-state index in [-0.39, 0.29) is 29.6 Å². The molecule has 0 aromatic heterocycles. The minimum Gasteiger partial charge on any atom is -0.395 e. The van der Waals surface area contributed by atoms with E-state index in [1.807, 2.05) is 4.90 Å². The second kappa shape index (κ2) is 7.58. The number of likely N-dealkylation sites (tertiary alicyclic amines) is 2. The minimum atomic E-state index is -0.0481. The van der Waals surface area contributed by atoms with E-state index in [0.29, 0.717) is 43.7 Å². The van der Waals surface area contributed by atoms with Crippen LogP contribution in [0.2, 0.25) is 0 Å². The lowest BCUT2D eigenvalue weighted by Crippen LogP contribution is -2.52. The number of aliphatic hydroxyl groups excluding tert-OH is 1. The fourth-order valence-corrected chi connectivity index (χ4v) is 4.07. The topological polar surface area (TPSA) is 77.9 Å². The van der Waals surface area contributed by atoms with Crippen LogP contribution in [0.1, 0.15) is 53.3 Å². The van der Waals surface area contributed by atoms with Crippen molar-refractivity contribution >= 4 is 17.6 Å². The summed E-state index contributed by atoms with van der Waals surface area (Å²) >= 11 is 0. The number of aliphatic hydroxyl groups is 1. The van der Waals surface area contributed by atoms with Crippen molar-refractivity contribution in [2.24, 2.45) is 5.41 Å². The average Bonchev–Trinajstić information content (AvgIpc) is 2.65. The first-order chi connectivity index (χ1) is 12.4. The van der Waals surface area contributed by atoms with Crippen molar-refractivity contribution in [3.8, 4) is 0 Å². The summed E-state index contributed by atoms with van der Waals surface area (Å²) in [7, 11) is 0. The highest BCUT2D eigenvalue weighted by Gasteiger charge is 2.41. The Kier molecular flexibility index (Phi) is 5.41. The number of nitrogens with zero attached hydrogens (tertiary/aromatic N) is 2. The Morgan fingerprint density at radius 2 is 1.85 bits per heavy atom. The maximum absolute atomic E-state index is 12.8. The summed E-state index contributed by atoms with van der Waals surface area (Å²) in [6.45, 7) is 3.86. The Morgan fingerprint density at radius 3 is 2.50 bits per heavy atom. The quantitative estimate of drug-likeness (QED) is 0.832. The van der Waals surface area contributed by atoms with E-state index in [1.165, 1.54) is 6.92 Å². The van der Waals surface area contributed by atoms with Crippen LogP contribution in [0.4, 0.5) is 0 Å². The summed E-state index contributed by atoms with van der Waals surface area (Å²) in [5, 5.41) is 9.15. The highest BCUT2D eigenvalue weighted by molar-refractivity contribution is 5.99. The molecule has 1 aromatic carbocycles. The van der Waals surface area contributed by atoms with Gasteiger partial charge >= 0.3 is 0 Å². The summed E-state index contributed by atoms with van der Waals surface area (Å²) in [6, 6.07) is 6.88. The summed E-state index contributed by atoms with van der Waals surface area (Å²) in [5.41, 5.74) is 1.16. The SMILES string of the molecule is CC(=O)c1cccc(C(=O)N2CCC3(CCC(=O)N(CCO)C3)CC2)c1. The van der Waals surface area contributed by atoms with Crippen molar-refractivity contribution in [3.63, 3.8) is 0 Å². The van der Waals surface area contributed by atoms with Gasteiger partial charge in [0.2, 0.25) is 5.91 Å². The van der Waals surface area contributed by atoms with Gasteiger partial charge in [-0.2, -0.15) is 0 Å². The molecule has 1 aromatic rings. The fourth-order valence-electron chi connectivity index (χ4n) is 4.07. The van der Waals surface area contributed by atoms with Crippen LogP contribution >= 0.6 is 0 Å². The largest absolute Gasteiger partial charge is 0.395 e. The fraction of sp³-hybridized carbons (Fsp3) is 0.550. The maximum atomic E-state index is 12.8. The van der Waals surface area contributed by atoms with Gasteiger partial charge in [0.1, 0.15) is 0 Å². The van der Waals surface area contributed by atoms with Gasteiger partial charge in [-0.15, -0.1) is 0 Å².